The van der Waals surface area contributed by atoms with E-state index in [9.17, 15) is 13.2 Å². The second-order valence-electron chi connectivity index (χ2n) is 8.42. The molecule has 1 aliphatic rings. The molecule has 0 aliphatic carbocycles. The Morgan fingerprint density at radius 3 is 2.44 bits per heavy atom. The Labute approximate surface area is 193 Å². The molecule has 2 aromatic carbocycles. The predicted octanol–water partition coefficient (Wildman–Crippen LogP) is 5.10. The summed E-state index contributed by atoms with van der Waals surface area (Å²) in [6.07, 6.45) is 1.75. The minimum absolute atomic E-state index is 0.218. The second kappa shape index (κ2) is 9.13. The molecule has 1 amide bonds. The summed E-state index contributed by atoms with van der Waals surface area (Å²) in [4.78, 5) is 17.4. The first-order chi connectivity index (χ1) is 15.2. The molecule has 168 valence electrons. The number of rotatable bonds is 5. The zero-order chi connectivity index (χ0) is 22.9. The van der Waals surface area contributed by atoms with E-state index in [1.54, 1.807) is 12.1 Å². The lowest BCUT2D eigenvalue weighted by Crippen LogP contribution is -2.37. The van der Waals surface area contributed by atoms with Crippen molar-refractivity contribution in [2.24, 2.45) is 5.92 Å². The standard InChI is InChI=1S/C24H27N3O3S2/c1-16-10-12-27(13-11-16)32(29,30)20-7-5-19(6-8-20)23(28)26-24-25-22(15-31-24)21-9-4-17(2)14-18(21)3/h4-9,14-16H,10-13H2,1-3H3,(H,25,26,28). The smallest absolute Gasteiger partial charge is 0.257 e. The third-order valence-electron chi connectivity index (χ3n) is 5.88. The summed E-state index contributed by atoms with van der Waals surface area (Å²) in [7, 11) is -3.53. The highest BCUT2D eigenvalue weighted by molar-refractivity contribution is 7.89. The van der Waals surface area contributed by atoms with Gasteiger partial charge in [0, 0.05) is 29.6 Å². The van der Waals surface area contributed by atoms with Gasteiger partial charge < -0.3 is 0 Å². The van der Waals surface area contributed by atoms with Crippen molar-refractivity contribution in [1.82, 2.24) is 9.29 Å². The first-order valence-electron chi connectivity index (χ1n) is 10.7. The van der Waals surface area contributed by atoms with Gasteiger partial charge in [-0.15, -0.1) is 11.3 Å². The largest absolute Gasteiger partial charge is 0.298 e. The highest BCUT2D eigenvalue weighted by Crippen LogP contribution is 2.28. The minimum Gasteiger partial charge on any atom is -0.298 e. The number of carbonyl (C=O) groups is 1. The summed E-state index contributed by atoms with van der Waals surface area (Å²) >= 11 is 1.36. The Balaban J connectivity index is 1.45. The molecule has 0 unspecified atom stereocenters. The van der Waals surface area contributed by atoms with E-state index in [-0.39, 0.29) is 10.8 Å². The molecule has 1 aromatic heterocycles. The lowest BCUT2D eigenvalue weighted by Gasteiger charge is -2.29. The number of nitrogens with one attached hydrogen (secondary N) is 1. The number of anilines is 1. The molecular formula is C24H27N3O3S2. The van der Waals surface area contributed by atoms with Crippen LogP contribution in [0, 0.1) is 19.8 Å². The second-order valence-corrected chi connectivity index (χ2v) is 11.2. The number of sulfonamides is 1. The third kappa shape index (κ3) is 4.77. The molecule has 0 spiro atoms. The summed E-state index contributed by atoms with van der Waals surface area (Å²) in [5.74, 6) is 0.232. The van der Waals surface area contributed by atoms with Gasteiger partial charge in [0.05, 0.1) is 10.6 Å². The molecule has 0 atom stereocenters. The number of aromatic nitrogens is 1. The first-order valence-corrected chi connectivity index (χ1v) is 13.0. The number of carbonyl (C=O) groups excluding carboxylic acids is 1. The third-order valence-corrected chi connectivity index (χ3v) is 8.55. The molecule has 6 nitrogen and oxygen atoms in total. The molecule has 1 N–H and O–H groups in total. The van der Waals surface area contributed by atoms with Crippen molar-refractivity contribution in [2.75, 3.05) is 18.4 Å². The van der Waals surface area contributed by atoms with Gasteiger partial charge in [-0.25, -0.2) is 13.4 Å². The number of thiazole rings is 1. The average Bonchev–Trinajstić information content (AvgIpc) is 3.22. The summed E-state index contributed by atoms with van der Waals surface area (Å²) < 4.78 is 27.3. The van der Waals surface area contributed by atoms with Gasteiger partial charge in [0.15, 0.2) is 5.13 Å². The molecule has 3 aromatic rings. The topological polar surface area (TPSA) is 79.4 Å². The summed E-state index contributed by atoms with van der Waals surface area (Å²) in [5, 5.41) is 5.24. The molecule has 1 fully saturated rings. The fraction of sp³-hybridized carbons (Fsp3) is 0.333. The van der Waals surface area contributed by atoms with Gasteiger partial charge in [-0.05, 0) is 62.4 Å². The van der Waals surface area contributed by atoms with E-state index in [2.05, 4.69) is 23.3 Å². The van der Waals surface area contributed by atoms with Crippen LogP contribution in [0.5, 0.6) is 0 Å². The van der Waals surface area contributed by atoms with Crippen molar-refractivity contribution in [2.45, 2.75) is 38.5 Å². The first kappa shape index (κ1) is 22.6. The average molecular weight is 470 g/mol. The normalized spacial score (nSPS) is 15.6. The lowest BCUT2D eigenvalue weighted by molar-refractivity contribution is 0.102. The van der Waals surface area contributed by atoms with Crippen LogP contribution < -0.4 is 5.32 Å². The maximum absolute atomic E-state index is 12.9. The quantitative estimate of drug-likeness (QED) is 0.564. The Morgan fingerprint density at radius 1 is 1.09 bits per heavy atom. The highest BCUT2D eigenvalue weighted by atomic mass is 32.2. The fourth-order valence-electron chi connectivity index (χ4n) is 3.88. The SMILES string of the molecule is Cc1ccc(-c2csc(NC(=O)c3ccc(S(=O)(=O)N4CCC(C)CC4)cc3)n2)c(C)c1. The minimum atomic E-state index is -3.53. The van der Waals surface area contributed by atoms with Crippen LogP contribution in [0.1, 0.15) is 41.3 Å². The molecule has 2 heterocycles. The van der Waals surface area contributed by atoms with Crippen LogP contribution in [0.25, 0.3) is 11.3 Å². The molecule has 0 bridgehead atoms. The van der Waals surface area contributed by atoms with Crippen LogP contribution in [0.3, 0.4) is 0 Å². The maximum atomic E-state index is 12.9. The van der Waals surface area contributed by atoms with E-state index in [4.69, 9.17) is 0 Å². The number of hydrogen-bond donors (Lipinski definition) is 1. The van der Waals surface area contributed by atoms with Gasteiger partial charge in [0.25, 0.3) is 5.91 Å². The van der Waals surface area contributed by atoms with Gasteiger partial charge in [-0.3, -0.25) is 10.1 Å². The summed E-state index contributed by atoms with van der Waals surface area (Å²) in [5.41, 5.74) is 4.57. The van der Waals surface area contributed by atoms with Gasteiger partial charge in [-0.2, -0.15) is 4.31 Å². The van der Waals surface area contributed by atoms with Crippen LogP contribution >= 0.6 is 11.3 Å². The van der Waals surface area contributed by atoms with Crippen LogP contribution in [-0.4, -0.2) is 36.7 Å². The molecule has 1 saturated heterocycles. The van der Waals surface area contributed by atoms with E-state index >= 15 is 0 Å². The molecule has 32 heavy (non-hydrogen) atoms. The number of piperidine rings is 1. The predicted molar refractivity (Wildman–Crippen MR) is 129 cm³/mol. The Kier molecular flexibility index (Phi) is 6.46. The maximum Gasteiger partial charge on any atom is 0.257 e. The number of amides is 1. The number of nitrogens with zero attached hydrogens (tertiary/aromatic N) is 2. The van der Waals surface area contributed by atoms with Crippen LogP contribution in [0.4, 0.5) is 5.13 Å². The summed E-state index contributed by atoms with van der Waals surface area (Å²) in [6, 6.07) is 12.3. The lowest BCUT2D eigenvalue weighted by atomic mass is 10.0. The van der Waals surface area contributed by atoms with Crippen LogP contribution in [-0.2, 0) is 10.0 Å². The molecule has 0 saturated carbocycles. The van der Waals surface area contributed by atoms with E-state index in [1.165, 1.54) is 33.3 Å². The molecule has 8 heteroatoms. The zero-order valence-corrected chi connectivity index (χ0v) is 20.1. The Morgan fingerprint density at radius 2 is 1.78 bits per heavy atom. The monoisotopic (exact) mass is 469 g/mol. The Hall–Kier alpha value is -2.55. The van der Waals surface area contributed by atoms with Crippen molar-refractivity contribution < 1.29 is 13.2 Å². The van der Waals surface area contributed by atoms with Crippen LogP contribution in [0.2, 0.25) is 0 Å². The van der Waals surface area contributed by atoms with Crippen molar-refractivity contribution in [3.8, 4) is 11.3 Å². The molecule has 0 radical (unpaired) electrons. The van der Waals surface area contributed by atoms with Crippen molar-refractivity contribution >= 4 is 32.4 Å². The van der Waals surface area contributed by atoms with Gasteiger partial charge in [0.1, 0.15) is 0 Å². The number of hydrogen-bond acceptors (Lipinski definition) is 5. The van der Waals surface area contributed by atoms with E-state index in [0.717, 1.165) is 29.7 Å². The molecule has 4 rings (SSSR count). The zero-order valence-electron chi connectivity index (χ0n) is 18.5. The fourth-order valence-corrected chi connectivity index (χ4v) is 6.05. The van der Waals surface area contributed by atoms with Gasteiger partial charge in [-0.1, -0.05) is 30.7 Å². The molecular weight excluding hydrogens is 442 g/mol. The van der Waals surface area contributed by atoms with Gasteiger partial charge >= 0.3 is 0 Å². The van der Waals surface area contributed by atoms with E-state index in [0.29, 0.717) is 29.7 Å². The highest BCUT2D eigenvalue weighted by Gasteiger charge is 2.28. The number of aryl methyl sites for hydroxylation is 2. The van der Waals surface area contributed by atoms with Crippen LogP contribution in [0.15, 0.2) is 52.7 Å². The number of benzene rings is 2. The van der Waals surface area contributed by atoms with E-state index in [1.807, 2.05) is 31.4 Å². The van der Waals surface area contributed by atoms with Crippen molar-refractivity contribution in [3.05, 3.63) is 64.5 Å². The Bertz CT molecular complexity index is 1230. The summed E-state index contributed by atoms with van der Waals surface area (Å²) in [6.45, 7) is 7.31. The molecule has 1 aliphatic heterocycles. The van der Waals surface area contributed by atoms with E-state index < -0.39 is 10.0 Å². The van der Waals surface area contributed by atoms with Gasteiger partial charge in [0.2, 0.25) is 10.0 Å². The van der Waals surface area contributed by atoms with Crippen molar-refractivity contribution in [3.63, 3.8) is 0 Å². The van der Waals surface area contributed by atoms with Crippen molar-refractivity contribution in [1.29, 1.82) is 0 Å².